The molecule has 2 N–H and O–H groups in total. The monoisotopic (exact) mass is 263 g/mol. The van der Waals surface area contributed by atoms with Gasteiger partial charge in [0.05, 0.1) is 17.3 Å². The van der Waals surface area contributed by atoms with Crippen molar-refractivity contribution in [2.75, 3.05) is 11.4 Å². The highest BCUT2D eigenvalue weighted by Gasteiger charge is 2.35. The number of nitrogens with zero attached hydrogens (tertiary/aromatic N) is 2. The van der Waals surface area contributed by atoms with E-state index in [2.05, 4.69) is 5.32 Å². The van der Waals surface area contributed by atoms with Crippen molar-refractivity contribution >= 4 is 17.7 Å². The number of nitrogens with one attached hydrogen (secondary N) is 1. The van der Waals surface area contributed by atoms with E-state index in [0.717, 1.165) is 6.07 Å². The Hall–Kier alpha value is -2.62. The third kappa shape index (κ3) is 2.33. The first-order valence-corrected chi connectivity index (χ1v) is 5.54. The van der Waals surface area contributed by atoms with Gasteiger partial charge in [-0.2, -0.15) is 5.26 Å². The molecule has 1 fully saturated rings. The van der Waals surface area contributed by atoms with Gasteiger partial charge in [0.2, 0.25) is 5.91 Å². The predicted molar refractivity (Wildman–Crippen MR) is 63.0 cm³/mol. The van der Waals surface area contributed by atoms with E-state index in [1.807, 2.05) is 0 Å². The normalized spacial score (nSPS) is 17.7. The van der Waals surface area contributed by atoms with Gasteiger partial charge in [-0.05, 0) is 24.6 Å². The van der Waals surface area contributed by atoms with Crippen molar-refractivity contribution in [1.82, 2.24) is 5.32 Å². The van der Waals surface area contributed by atoms with Gasteiger partial charge < -0.3 is 10.4 Å². The molecule has 1 unspecified atom stereocenters. The van der Waals surface area contributed by atoms with Crippen LogP contribution < -0.4 is 10.2 Å². The summed E-state index contributed by atoms with van der Waals surface area (Å²) in [7, 11) is 0. The molecule has 98 valence electrons. The van der Waals surface area contributed by atoms with E-state index in [9.17, 15) is 19.1 Å². The lowest BCUT2D eigenvalue weighted by atomic mass is 10.1. The molecule has 0 aromatic heterocycles. The number of hydrogen-bond acceptors (Lipinski definition) is 3. The fraction of sp³-hybridized carbons (Fsp3) is 0.250. The van der Waals surface area contributed by atoms with E-state index in [1.54, 1.807) is 6.07 Å². The summed E-state index contributed by atoms with van der Waals surface area (Å²) in [5, 5.41) is 20.3. The van der Waals surface area contributed by atoms with Gasteiger partial charge >= 0.3 is 6.09 Å². The zero-order chi connectivity index (χ0) is 14.0. The lowest BCUT2D eigenvalue weighted by molar-refractivity contribution is -0.120. The predicted octanol–water partition coefficient (Wildman–Crippen LogP) is 1.07. The van der Waals surface area contributed by atoms with Gasteiger partial charge in [0.15, 0.2) is 0 Å². The Bertz CT molecular complexity index is 582. The van der Waals surface area contributed by atoms with Crippen LogP contribution in [0.5, 0.6) is 0 Å². The molecule has 1 heterocycles. The Morgan fingerprint density at radius 3 is 2.79 bits per heavy atom. The van der Waals surface area contributed by atoms with Crippen molar-refractivity contribution < 1.29 is 19.1 Å². The number of amides is 2. The van der Waals surface area contributed by atoms with Crippen LogP contribution in [0.3, 0.4) is 0 Å². The fourth-order valence-corrected chi connectivity index (χ4v) is 2.00. The minimum atomic E-state index is -1.41. The van der Waals surface area contributed by atoms with Gasteiger partial charge in [0.25, 0.3) is 0 Å². The highest BCUT2D eigenvalue weighted by Crippen LogP contribution is 2.25. The molecule has 1 saturated heterocycles. The van der Waals surface area contributed by atoms with Crippen molar-refractivity contribution in [3.63, 3.8) is 0 Å². The second-order valence-electron chi connectivity index (χ2n) is 4.03. The average Bonchev–Trinajstić information content (AvgIpc) is 2.77. The average molecular weight is 263 g/mol. The minimum absolute atomic E-state index is 0.0856. The number of benzene rings is 1. The van der Waals surface area contributed by atoms with Crippen LogP contribution in [-0.4, -0.2) is 29.7 Å². The number of hydrogen-bond donors (Lipinski definition) is 2. The van der Waals surface area contributed by atoms with Gasteiger partial charge in [-0.15, -0.1) is 0 Å². The third-order valence-corrected chi connectivity index (χ3v) is 2.87. The molecule has 0 bridgehead atoms. The van der Waals surface area contributed by atoms with E-state index in [-0.39, 0.29) is 17.7 Å². The summed E-state index contributed by atoms with van der Waals surface area (Å²) in [4.78, 5) is 23.5. The zero-order valence-electron chi connectivity index (χ0n) is 9.76. The summed E-state index contributed by atoms with van der Waals surface area (Å²) >= 11 is 0. The largest absolute Gasteiger partial charge is 0.465 e. The second-order valence-corrected chi connectivity index (χ2v) is 4.03. The van der Waals surface area contributed by atoms with Crippen LogP contribution in [0.15, 0.2) is 18.2 Å². The number of anilines is 1. The summed E-state index contributed by atoms with van der Waals surface area (Å²) in [6.07, 6.45) is -1.13. The van der Waals surface area contributed by atoms with Crippen LogP contribution in [0.25, 0.3) is 0 Å². The molecule has 1 atom stereocenters. The quantitative estimate of drug-likeness (QED) is 0.834. The number of carbonyl (C=O) groups is 2. The van der Waals surface area contributed by atoms with E-state index in [4.69, 9.17) is 5.26 Å². The summed E-state index contributed by atoms with van der Waals surface area (Å²) < 4.78 is 13.8. The smallest absolute Gasteiger partial charge is 0.412 e. The minimum Gasteiger partial charge on any atom is -0.465 e. The Morgan fingerprint density at radius 1 is 1.58 bits per heavy atom. The first kappa shape index (κ1) is 12.8. The van der Waals surface area contributed by atoms with Gasteiger partial charge in [0.1, 0.15) is 11.9 Å². The summed E-state index contributed by atoms with van der Waals surface area (Å²) in [6.45, 7) is 0.352. The highest BCUT2D eigenvalue weighted by molar-refractivity contribution is 5.97. The first-order valence-electron chi connectivity index (χ1n) is 5.54. The Labute approximate surface area is 108 Å². The highest BCUT2D eigenvalue weighted by atomic mass is 19.1. The second kappa shape index (κ2) is 4.94. The van der Waals surface area contributed by atoms with Crippen LogP contribution in [0.1, 0.15) is 12.0 Å². The lowest BCUT2D eigenvalue weighted by Gasteiger charge is -2.24. The standard InChI is InChI=1S/C12H10FN3O3/c13-8-5-7(6-14)1-2-9(8)16(12(18)19)10-3-4-15-11(10)17/h1-2,5,10H,3-4H2,(H,15,17)(H,18,19). The van der Waals surface area contributed by atoms with Gasteiger partial charge in [0, 0.05) is 6.54 Å². The molecule has 7 heteroatoms. The van der Waals surface area contributed by atoms with Crippen LogP contribution in [0, 0.1) is 17.1 Å². The number of halogens is 1. The van der Waals surface area contributed by atoms with Gasteiger partial charge in [-0.1, -0.05) is 0 Å². The van der Waals surface area contributed by atoms with Gasteiger partial charge in [-0.25, -0.2) is 9.18 Å². The molecule has 0 saturated carbocycles. The first-order chi connectivity index (χ1) is 9.04. The molecule has 0 spiro atoms. The van der Waals surface area contributed by atoms with Crippen molar-refractivity contribution in [1.29, 1.82) is 5.26 Å². The molecule has 2 amide bonds. The van der Waals surface area contributed by atoms with E-state index in [0.29, 0.717) is 11.4 Å². The van der Waals surface area contributed by atoms with Crippen LogP contribution >= 0.6 is 0 Å². The fourth-order valence-electron chi connectivity index (χ4n) is 2.00. The maximum Gasteiger partial charge on any atom is 0.412 e. The maximum atomic E-state index is 13.8. The van der Waals surface area contributed by atoms with E-state index in [1.165, 1.54) is 12.1 Å². The molecule has 0 aliphatic carbocycles. The topological polar surface area (TPSA) is 93.4 Å². The summed E-state index contributed by atoms with van der Waals surface area (Å²) in [5.74, 6) is -1.30. The molecule has 2 rings (SSSR count). The summed E-state index contributed by atoms with van der Waals surface area (Å²) in [5.41, 5.74) is -0.143. The molecule has 1 aliphatic rings. The third-order valence-electron chi connectivity index (χ3n) is 2.87. The van der Waals surface area contributed by atoms with Crippen molar-refractivity contribution in [2.24, 2.45) is 0 Å². The van der Waals surface area contributed by atoms with E-state index < -0.39 is 23.9 Å². The molecule has 1 aliphatic heterocycles. The van der Waals surface area contributed by atoms with Crippen molar-refractivity contribution in [3.05, 3.63) is 29.6 Å². The molecule has 1 aromatic rings. The maximum absolute atomic E-state index is 13.8. The summed E-state index contributed by atoms with van der Waals surface area (Å²) in [6, 6.07) is 4.25. The number of rotatable bonds is 2. The lowest BCUT2D eigenvalue weighted by Crippen LogP contribution is -2.44. The molecule has 19 heavy (non-hydrogen) atoms. The van der Waals surface area contributed by atoms with Gasteiger partial charge in [-0.3, -0.25) is 9.69 Å². The van der Waals surface area contributed by atoms with Crippen molar-refractivity contribution in [2.45, 2.75) is 12.5 Å². The molecule has 0 radical (unpaired) electrons. The van der Waals surface area contributed by atoms with Crippen molar-refractivity contribution in [3.8, 4) is 6.07 Å². The molecule has 1 aromatic carbocycles. The number of nitriles is 1. The van der Waals surface area contributed by atoms with Crippen LogP contribution in [0.4, 0.5) is 14.9 Å². The molecular formula is C12H10FN3O3. The SMILES string of the molecule is N#Cc1ccc(N(C(=O)O)C2CCNC2=O)c(F)c1. The van der Waals surface area contributed by atoms with Crippen LogP contribution in [0.2, 0.25) is 0 Å². The number of carbonyl (C=O) groups excluding carboxylic acids is 1. The number of carboxylic acid groups (broad SMARTS) is 1. The van der Waals surface area contributed by atoms with Crippen LogP contribution in [-0.2, 0) is 4.79 Å². The Kier molecular flexibility index (Phi) is 3.33. The van der Waals surface area contributed by atoms with E-state index >= 15 is 0 Å². The Morgan fingerprint density at radius 2 is 2.32 bits per heavy atom. The molecule has 6 nitrogen and oxygen atoms in total. The Balaban J connectivity index is 2.43. The zero-order valence-corrected chi connectivity index (χ0v) is 9.76. The molecular weight excluding hydrogens is 253 g/mol.